The summed E-state index contributed by atoms with van der Waals surface area (Å²) in [4.78, 5) is 0. The summed E-state index contributed by atoms with van der Waals surface area (Å²) in [6.07, 6.45) is 3.58. The smallest absolute Gasteiger partial charge is 0.399 e. The number of rotatable bonds is 2. The average molecular weight is 305 g/mol. The number of nitrogens with zero attached hydrogens (tertiary/aromatic N) is 2. The largest absolute Gasteiger partial charge is 0.494 e. The van der Waals surface area contributed by atoms with Gasteiger partial charge in [0.05, 0.1) is 21.9 Å². The van der Waals surface area contributed by atoms with E-state index in [9.17, 15) is 0 Å². The first-order valence-corrected chi connectivity index (χ1v) is 7.33. The lowest BCUT2D eigenvalue weighted by Crippen LogP contribution is -2.41. The van der Waals surface area contributed by atoms with Gasteiger partial charge in [0.2, 0.25) is 0 Å². The Bertz CT molecular complexity index is 640. The van der Waals surface area contributed by atoms with Gasteiger partial charge in [-0.3, -0.25) is 0 Å². The summed E-state index contributed by atoms with van der Waals surface area (Å²) in [5.74, 6) is 0. The van der Waals surface area contributed by atoms with Gasteiger partial charge in [0.15, 0.2) is 0 Å². The van der Waals surface area contributed by atoms with E-state index in [1.807, 2.05) is 58.2 Å². The molecular formula is C15H18BClN2O2. The molecular weight excluding hydrogens is 286 g/mol. The maximum atomic E-state index is 6.37. The van der Waals surface area contributed by atoms with Crippen molar-refractivity contribution >= 4 is 24.2 Å². The zero-order chi connectivity index (χ0) is 15.3. The summed E-state index contributed by atoms with van der Waals surface area (Å²) in [6, 6.07) is 7.62. The Morgan fingerprint density at radius 1 is 1.14 bits per heavy atom. The van der Waals surface area contributed by atoms with Gasteiger partial charge in [-0.05, 0) is 51.4 Å². The molecule has 0 atom stereocenters. The van der Waals surface area contributed by atoms with Gasteiger partial charge in [-0.1, -0.05) is 17.7 Å². The van der Waals surface area contributed by atoms with Crippen LogP contribution < -0.4 is 5.46 Å². The lowest BCUT2D eigenvalue weighted by Gasteiger charge is -2.32. The molecule has 1 aromatic carbocycles. The van der Waals surface area contributed by atoms with Crippen LogP contribution in [-0.4, -0.2) is 28.1 Å². The molecule has 0 amide bonds. The van der Waals surface area contributed by atoms with Crippen LogP contribution in [0.4, 0.5) is 0 Å². The molecule has 6 heteroatoms. The SMILES string of the molecule is CC1(C)OB(c2ccc(-n3cccn3)c(Cl)c2)OC1(C)C. The monoisotopic (exact) mass is 304 g/mol. The first-order valence-electron chi connectivity index (χ1n) is 6.95. The summed E-state index contributed by atoms with van der Waals surface area (Å²) in [5.41, 5.74) is 1.03. The maximum Gasteiger partial charge on any atom is 0.494 e. The van der Waals surface area contributed by atoms with Crippen LogP contribution in [0.15, 0.2) is 36.7 Å². The molecule has 0 unspecified atom stereocenters. The summed E-state index contributed by atoms with van der Waals surface area (Å²) < 4.78 is 13.8. The Morgan fingerprint density at radius 3 is 2.33 bits per heavy atom. The molecule has 0 spiro atoms. The molecule has 0 saturated carbocycles. The van der Waals surface area contributed by atoms with E-state index < -0.39 is 7.12 Å². The highest BCUT2D eigenvalue weighted by atomic mass is 35.5. The van der Waals surface area contributed by atoms with E-state index in [1.165, 1.54) is 0 Å². The summed E-state index contributed by atoms with van der Waals surface area (Å²) in [5, 5.41) is 4.81. The number of hydrogen-bond donors (Lipinski definition) is 0. The third-order valence-corrected chi connectivity index (χ3v) is 4.55. The van der Waals surface area contributed by atoms with Gasteiger partial charge in [0, 0.05) is 12.4 Å². The van der Waals surface area contributed by atoms with Crippen LogP contribution >= 0.6 is 11.6 Å². The van der Waals surface area contributed by atoms with E-state index in [-0.39, 0.29) is 11.2 Å². The van der Waals surface area contributed by atoms with Crippen LogP contribution in [0, 0.1) is 0 Å². The van der Waals surface area contributed by atoms with Gasteiger partial charge in [-0.2, -0.15) is 5.10 Å². The predicted molar refractivity (Wildman–Crippen MR) is 84.3 cm³/mol. The van der Waals surface area contributed by atoms with Gasteiger partial charge in [-0.15, -0.1) is 0 Å². The molecule has 1 fully saturated rings. The number of hydrogen-bond acceptors (Lipinski definition) is 3. The zero-order valence-corrected chi connectivity index (χ0v) is 13.4. The molecule has 0 radical (unpaired) electrons. The van der Waals surface area contributed by atoms with Crippen LogP contribution in [0.2, 0.25) is 5.02 Å². The Labute approximate surface area is 130 Å². The minimum absolute atomic E-state index is 0.356. The average Bonchev–Trinajstić information content (AvgIpc) is 2.96. The fourth-order valence-corrected chi connectivity index (χ4v) is 2.52. The number of halogens is 1. The number of aromatic nitrogens is 2. The predicted octanol–water partition coefficient (Wildman–Crippen LogP) is 2.82. The van der Waals surface area contributed by atoms with Gasteiger partial charge >= 0.3 is 7.12 Å². The van der Waals surface area contributed by atoms with Crippen molar-refractivity contribution < 1.29 is 9.31 Å². The van der Waals surface area contributed by atoms with Crippen LogP contribution in [-0.2, 0) is 9.31 Å². The first-order chi connectivity index (χ1) is 9.80. The summed E-state index contributed by atoms with van der Waals surface area (Å²) in [6.45, 7) is 8.14. The normalized spacial score (nSPS) is 20.0. The second kappa shape index (κ2) is 4.87. The number of benzene rings is 1. The first kappa shape index (κ1) is 14.6. The maximum absolute atomic E-state index is 6.37. The summed E-state index contributed by atoms with van der Waals surface area (Å²) >= 11 is 6.37. The third-order valence-electron chi connectivity index (χ3n) is 4.25. The van der Waals surface area contributed by atoms with Crippen molar-refractivity contribution in [1.29, 1.82) is 0 Å². The van der Waals surface area contributed by atoms with Crippen LogP contribution in [0.5, 0.6) is 0 Å². The van der Waals surface area contributed by atoms with Gasteiger partial charge < -0.3 is 9.31 Å². The van der Waals surface area contributed by atoms with E-state index in [0.717, 1.165) is 11.2 Å². The fourth-order valence-electron chi connectivity index (χ4n) is 2.25. The lowest BCUT2D eigenvalue weighted by atomic mass is 9.79. The Kier molecular flexibility index (Phi) is 3.39. The highest BCUT2D eigenvalue weighted by molar-refractivity contribution is 6.62. The Balaban J connectivity index is 1.90. The summed E-state index contributed by atoms with van der Waals surface area (Å²) in [7, 11) is -0.404. The topological polar surface area (TPSA) is 36.3 Å². The highest BCUT2D eigenvalue weighted by Crippen LogP contribution is 2.36. The van der Waals surface area contributed by atoms with Gasteiger partial charge in [0.25, 0.3) is 0 Å². The molecule has 1 aliphatic rings. The molecule has 2 aromatic rings. The van der Waals surface area contributed by atoms with Crippen LogP contribution in [0.25, 0.3) is 5.69 Å². The molecule has 110 valence electrons. The third kappa shape index (κ3) is 2.50. The van der Waals surface area contributed by atoms with E-state index >= 15 is 0 Å². The zero-order valence-electron chi connectivity index (χ0n) is 12.6. The van der Waals surface area contributed by atoms with Crippen molar-refractivity contribution in [1.82, 2.24) is 9.78 Å². The molecule has 0 aliphatic carbocycles. The van der Waals surface area contributed by atoms with Crippen molar-refractivity contribution in [3.8, 4) is 5.69 Å². The Hall–Kier alpha value is -1.30. The van der Waals surface area contributed by atoms with E-state index in [2.05, 4.69) is 5.10 Å². The van der Waals surface area contributed by atoms with Crippen molar-refractivity contribution in [3.63, 3.8) is 0 Å². The molecule has 2 heterocycles. The van der Waals surface area contributed by atoms with Crippen LogP contribution in [0.3, 0.4) is 0 Å². The van der Waals surface area contributed by atoms with Crippen molar-refractivity contribution in [3.05, 3.63) is 41.7 Å². The fraction of sp³-hybridized carbons (Fsp3) is 0.400. The van der Waals surface area contributed by atoms with Crippen molar-refractivity contribution in [2.45, 2.75) is 38.9 Å². The molecule has 1 aromatic heterocycles. The lowest BCUT2D eigenvalue weighted by molar-refractivity contribution is 0.00578. The minimum atomic E-state index is -0.404. The van der Waals surface area contributed by atoms with Gasteiger partial charge in [0.1, 0.15) is 0 Å². The molecule has 4 nitrogen and oxygen atoms in total. The second-order valence-electron chi connectivity index (χ2n) is 6.25. The Morgan fingerprint density at radius 2 is 1.81 bits per heavy atom. The molecule has 1 aliphatic heterocycles. The second-order valence-corrected chi connectivity index (χ2v) is 6.66. The minimum Gasteiger partial charge on any atom is -0.399 e. The van der Waals surface area contributed by atoms with E-state index in [0.29, 0.717) is 5.02 Å². The molecule has 1 saturated heterocycles. The van der Waals surface area contributed by atoms with E-state index in [1.54, 1.807) is 10.9 Å². The molecule has 3 rings (SSSR count). The van der Waals surface area contributed by atoms with Crippen LogP contribution in [0.1, 0.15) is 27.7 Å². The highest BCUT2D eigenvalue weighted by Gasteiger charge is 2.51. The van der Waals surface area contributed by atoms with E-state index in [4.69, 9.17) is 20.9 Å². The van der Waals surface area contributed by atoms with Crippen molar-refractivity contribution in [2.24, 2.45) is 0 Å². The molecule has 0 bridgehead atoms. The standard InChI is InChI=1S/C15H18BClN2O2/c1-14(2)15(3,4)21-16(20-14)11-6-7-13(12(17)10-11)19-9-5-8-18-19/h5-10H,1-4H3. The van der Waals surface area contributed by atoms with Crippen molar-refractivity contribution in [2.75, 3.05) is 0 Å². The molecule has 0 N–H and O–H groups in total. The molecule has 21 heavy (non-hydrogen) atoms. The van der Waals surface area contributed by atoms with Gasteiger partial charge in [-0.25, -0.2) is 4.68 Å². The quantitative estimate of drug-likeness (QED) is 0.801.